The van der Waals surface area contributed by atoms with Crippen LogP contribution in [0.3, 0.4) is 0 Å². The average Bonchev–Trinajstić information content (AvgIpc) is 2.80. The molecule has 36 heavy (non-hydrogen) atoms. The van der Waals surface area contributed by atoms with Gasteiger partial charge in [-0.3, -0.25) is 14.3 Å². The molecule has 1 N–H and O–H groups in total. The number of aryl methyl sites for hydroxylation is 2. The first-order valence-corrected chi connectivity index (χ1v) is 11.4. The van der Waals surface area contributed by atoms with E-state index in [-0.39, 0.29) is 36.7 Å². The smallest absolute Gasteiger partial charge is 0.365 e. The molecule has 4 rings (SSSR count). The molecule has 0 spiro atoms. The Balaban J connectivity index is 1.65. The Hall–Kier alpha value is -3.15. The number of piperidine rings is 1. The molecule has 3 aromatic rings. The van der Waals surface area contributed by atoms with Crippen molar-refractivity contribution >= 4 is 16.9 Å². The second-order valence-corrected chi connectivity index (χ2v) is 8.96. The van der Waals surface area contributed by atoms with Crippen molar-refractivity contribution in [2.45, 2.75) is 44.8 Å². The highest BCUT2D eigenvalue weighted by atomic mass is 19.4. The summed E-state index contributed by atoms with van der Waals surface area (Å²) in [7, 11) is 1.55. The molecule has 194 valence electrons. The van der Waals surface area contributed by atoms with Crippen LogP contribution in [0.4, 0.5) is 32.2 Å². The quantitative estimate of drug-likeness (QED) is 0.467. The molecule has 1 aromatic carbocycles. The molecular formula is C24H25F6N5O. The summed E-state index contributed by atoms with van der Waals surface area (Å²) in [6.45, 7) is 0.921. The van der Waals surface area contributed by atoms with Gasteiger partial charge < -0.3 is 5.32 Å². The molecular weight excluding hydrogens is 488 g/mol. The number of nitrogens with one attached hydrogen (secondary N) is 1. The van der Waals surface area contributed by atoms with E-state index in [0.29, 0.717) is 41.1 Å². The largest absolute Gasteiger partial charge is 0.401 e. The third-order valence-electron chi connectivity index (χ3n) is 6.43. The monoisotopic (exact) mass is 513 g/mol. The zero-order chi connectivity index (χ0) is 26.2. The van der Waals surface area contributed by atoms with E-state index in [9.17, 15) is 31.1 Å². The van der Waals surface area contributed by atoms with Crippen LogP contribution in [0.5, 0.6) is 0 Å². The van der Waals surface area contributed by atoms with E-state index < -0.39 is 30.5 Å². The molecule has 1 saturated heterocycles. The Morgan fingerprint density at radius 3 is 2.50 bits per heavy atom. The number of fused-ring (bicyclic) bond motifs is 1. The predicted octanol–water partition coefficient (Wildman–Crippen LogP) is 5.07. The van der Waals surface area contributed by atoms with Crippen molar-refractivity contribution in [2.24, 2.45) is 7.05 Å². The molecule has 0 atom stereocenters. The second kappa shape index (κ2) is 10.1. The normalized spacial score (nSPS) is 15.7. The fourth-order valence-corrected chi connectivity index (χ4v) is 4.63. The number of nitrogens with zero attached hydrogens (tertiary/aromatic N) is 4. The first-order chi connectivity index (χ1) is 16.9. The number of hydrogen-bond donors (Lipinski definition) is 1. The highest BCUT2D eigenvalue weighted by molar-refractivity contribution is 5.87. The average molecular weight is 513 g/mol. The molecule has 12 heteroatoms. The van der Waals surface area contributed by atoms with Gasteiger partial charge in [-0.15, -0.1) is 0 Å². The van der Waals surface area contributed by atoms with Crippen molar-refractivity contribution in [1.29, 1.82) is 0 Å². The van der Waals surface area contributed by atoms with Gasteiger partial charge in [-0.2, -0.15) is 13.2 Å². The zero-order valence-corrected chi connectivity index (χ0v) is 19.7. The Morgan fingerprint density at radius 1 is 1.17 bits per heavy atom. The Morgan fingerprint density at radius 2 is 1.86 bits per heavy atom. The summed E-state index contributed by atoms with van der Waals surface area (Å²) in [5.41, 5.74) is -0.191. The fraction of sp³-hybridized carbons (Fsp3) is 0.458. The molecule has 0 unspecified atom stereocenters. The maximum absolute atomic E-state index is 14.5. The summed E-state index contributed by atoms with van der Waals surface area (Å²) in [6.07, 6.45) is -6.46. The molecule has 0 saturated carbocycles. The fourth-order valence-electron chi connectivity index (χ4n) is 4.63. The van der Waals surface area contributed by atoms with E-state index >= 15 is 0 Å². The molecule has 1 aliphatic rings. The first kappa shape index (κ1) is 25.9. The van der Waals surface area contributed by atoms with Gasteiger partial charge in [0.1, 0.15) is 23.1 Å². The molecule has 0 amide bonds. The molecule has 2 aromatic heterocycles. The highest BCUT2D eigenvalue weighted by Gasteiger charge is 2.33. The molecule has 1 fully saturated rings. The predicted molar refractivity (Wildman–Crippen MR) is 123 cm³/mol. The lowest BCUT2D eigenvalue weighted by Crippen LogP contribution is -2.40. The van der Waals surface area contributed by atoms with E-state index in [1.165, 1.54) is 21.6 Å². The number of aromatic nitrogens is 3. The third kappa shape index (κ3) is 5.48. The summed E-state index contributed by atoms with van der Waals surface area (Å²) in [6, 6.07) is 5.39. The van der Waals surface area contributed by atoms with E-state index in [2.05, 4.69) is 15.3 Å². The number of hydrogen-bond acceptors (Lipinski definition) is 5. The lowest BCUT2D eigenvalue weighted by Gasteiger charge is -2.32. The SMILES string of the molecule is Cc1nc(NCc2cccc(C(F)F)c2F)c2cc(C3CCN(CC(F)(F)F)CC3)c(=O)n(C)c2n1. The van der Waals surface area contributed by atoms with Crippen molar-refractivity contribution in [3.63, 3.8) is 0 Å². The molecule has 0 bridgehead atoms. The van der Waals surface area contributed by atoms with Crippen molar-refractivity contribution in [1.82, 2.24) is 19.4 Å². The Kier molecular flexibility index (Phi) is 7.26. The van der Waals surface area contributed by atoms with Crippen LogP contribution in [0.2, 0.25) is 0 Å². The van der Waals surface area contributed by atoms with Gasteiger partial charge in [-0.05, 0) is 44.8 Å². The van der Waals surface area contributed by atoms with E-state index in [0.717, 1.165) is 6.07 Å². The number of likely N-dealkylation sites (tertiary alicyclic amines) is 1. The minimum atomic E-state index is -4.28. The van der Waals surface area contributed by atoms with Crippen LogP contribution in [-0.4, -0.2) is 45.2 Å². The summed E-state index contributed by atoms with van der Waals surface area (Å²) >= 11 is 0. The maximum Gasteiger partial charge on any atom is 0.401 e. The van der Waals surface area contributed by atoms with Gasteiger partial charge in [0.25, 0.3) is 12.0 Å². The minimum Gasteiger partial charge on any atom is -0.365 e. The molecule has 0 radical (unpaired) electrons. The molecule has 6 nitrogen and oxygen atoms in total. The third-order valence-corrected chi connectivity index (χ3v) is 6.43. The molecule has 1 aliphatic heterocycles. The molecule has 0 aliphatic carbocycles. The van der Waals surface area contributed by atoms with Gasteiger partial charge in [-0.1, -0.05) is 18.2 Å². The zero-order valence-electron chi connectivity index (χ0n) is 19.7. The van der Waals surface area contributed by atoms with Crippen LogP contribution in [-0.2, 0) is 13.6 Å². The highest BCUT2D eigenvalue weighted by Crippen LogP contribution is 2.31. The molecule has 3 heterocycles. The maximum atomic E-state index is 14.5. The van der Waals surface area contributed by atoms with Gasteiger partial charge in [0, 0.05) is 24.7 Å². The van der Waals surface area contributed by atoms with Crippen LogP contribution in [0, 0.1) is 12.7 Å². The van der Waals surface area contributed by atoms with Crippen LogP contribution >= 0.6 is 0 Å². The standard InChI is InChI=1S/C24H25F6N5O/c1-13-32-21(31-11-15-4-3-5-16(19(15)25)20(26)27)18-10-17(23(36)34(2)22(18)33-13)14-6-8-35(9-7-14)12-24(28,29)30/h3-5,10,14,20H,6-9,11-12H2,1-2H3,(H,31,32,33). The Labute approximate surface area is 203 Å². The summed E-state index contributed by atoms with van der Waals surface area (Å²) < 4.78 is 80.2. The van der Waals surface area contributed by atoms with E-state index in [1.54, 1.807) is 20.0 Å². The number of benzene rings is 1. The number of rotatable bonds is 6. The van der Waals surface area contributed by atoms with E-state index in [1.807, 2.05) is 0 Å². The van der Waals surface area contributed by atoms with Gasteiger partial charge in [-0.25, -0.2) is 23.1 Å². The van der Waals surface area contributed by atoms with Gasteiger partial charge in [0.15, 0.2) is 0 Å². The second-order valence-electron chi connectivity index (χ2n) is 8.96. The minimum absolute atomic E-state index is 0.0271. The van der Waals surface area contributed by atoms with E-state index in [4.69, 9.17) is 0 Å². The first-order valence-electron chi connectivity index (χ1n) is 11.4. The van der Waals surface area contributed by atoms with Gasteiger partial charge in [0.05, 0.1) is 17.5 Å². The number of pyridine rings is 1. The lowest BCUT2D eigenvalue weighted by atomic mass is 9.89. The van der Waals surface area contributed by atoms with Crippen molar-refractivity contribution in [3.8, 4) is 0 Å². The number of anilines is 1. The van der Waals surface area contributed by atoms with Crippen LogP contribution in [0.15, 0.2) is 29.1 Å². The van der Waals surface area contributed by atoms with Crippen LogP contribution in [0.25, 0.3) is 11.0 Å². The van der Waals surface area contributed by atoms with Crippen molar-refractivity contribution < 1.29 is 26.3 Å². The van der Waals surface area contributed by atoms with Crippen molar-refractivity contribution in [3.05, 3.63) is 63.0 Å². The summed E-state index contributed by atoms with van der Waals surface area (Å²) in [4.78, 5) is 23.2. The van der Waals surface area contributed by atoms with Crippen LogP contribution in [0.1, 0.15) is 47.7 Å². The topological polar surface area (TPSA) is 63.1 Å². The van der Waals surface area contributed by atoms with Gasteiger partial charge in [0.2, 0.25) is 0 Å². The summed E-state index contributed by atoms with van der Waals surface area (Å²) in [5.74, 6) is -0.610. The lowest BCUT2D eigenvalue weighted by molar-refractivity contribution is -0.147. The number of alkyl halides is 5. The number of halogens is 6. The van der Waals surface area contributed by atoms with Crippen molar-refractivity contribution in [2.75, 3.05) is 25.0 Å². The summed E-state index contributed by atoms with van der Waals surface area (Å²) in [5, 5.41) is 3.45. The Bertz CT molecular complexity index is 1320. The van der Waals surface area contributed by atoms with Crippen LogP contribution < -0.4 is 10.9 Å². The van der Waals surface area contributed by atoms with Gasteiger partial charge >= 0.3 is 6.18 Å².